The fourth-order valence-corrected chi connectivity index (χ4v) is 8.81. The summed E-state index contributed by atoms with van der Waals surface area (Å²) in [5.74, 6) is 2.73. The fourth-order valence-electron chi connectivity index (χ4n) is 8.81. The molecule has 0 aromatic carbocycles. The minimum atomic E-state index is -1.50. The number of fused-ring (bicyclic) bond motifs is 5. The van der Waals surface area contributed by atoms with Gasteiger partial charge in [-0.1, -0.05) is 39.8 Å². The van der Waals surface area contributed by atoms with Gasteiger partial charge in [0, 0.05) is 12.8 Å². The van der Waals surface area contributed by atoms with Crippen LogP contribution < -0.4 is 0 Å². The first-order valence-electron chi connectivity index (χ1n) is 12.7. The van der Waals surface area contributed by atoms with E-state index in [4.69, 9.17) is 0 Å². The van der Waals surface area contributed by atoms with Crippen LogP contribution in [0.3, 0.4) is 0 Å². The maximum absolute atomic E-state index is 13.2. The Morgan fingerprint density at radius 1 is 1.10 bits per heavy atom. The van der Waals surface area contributed by atoms with Crippen molar-refractivity contribution in [1.82, 2.24) is 0 Å². The third kappa shape index (κ3) is 3.38. The molecule has 4 aliphatic rings. The predicted octanol–water partition coefficient (Wildman–Crippen LogP) is 4.51. The quantitative estimate of drug-likeness (QED) is 0.571. The van der Waals surface area contributed by atoms with Gasteiger partial charge in [-0.3, -0.25) is 4.79 Å². The molecule has 0 aromatic heterocycles. The van der Waals surface area contributed by atoms with Crippen molar-refractivity contribution in [2.75, 3.05) is 0 Å². The van der Waals surface area contributed by atoms with Crippen LogP contribution in [0.2, 0.25) is 0 Å². The summed E-state index contributed by atoms with van der Waals surface area (Å²) in [4.78, 5) is 13.2. The SMILES string of the molecule is CC(C)/C=C/C[C@@H](C)[C@H]1CC[C@H]2[C@@H]3C[C@@H](O)[C@@]4(O)C[C@@H](O)CC(=O)[C@]4(C)[C@H]3CC[C@]12C. The normalized spacial score (nSPS) is 50.9. The summed E-state index contributed by atoms with van der Waals surface area (Å²) in [7, 11) is 0. The highest BCUT2D eigenvalue weighted by Gasteiger charge is 2.70. The number of hydrogen-bond acceptors (Lipinski definition) is 4. The summed E-state index contributed by atoms with van der Waals surface area (Å²) in [6.07, 6.45) is 9.22. The van der Waals surface area contributed by atoms with E-state index in [1.165, 1.54) is 12.8 Å². The van der Waals surface area contributed by atoms with Crippen LogP contribution in [0.5, 0.6) is 0 Å². The Kier molecular flexibility index (Phi) is 6.02. The monoisotopic (exact) mass is 432 g/mol. The van der Waals surface area contributed by atoms with E-state index in [9.17, 15) is 20.1 Å². The van der Waals surface area contributed by atoms with E-state index in [2.05, 4.69) is 39.8 Å². The fraction of sp³-hybridized carbons (Fsp3) is 0.889. The van der Waals surface area contributed by atoms with Crippen molar-refractivity contribution in [1.29, 1.82) is 0 Å². The standard InChI is InChI=1S/C27H44O4/c1-16(2)7-6-8-17(3)20-9-10-21-19-14-24(30)27(31)15-18(28)13-23(29)26(27,5)22(19)11-12-25(20,21)4/h6-7,16-22,24,28,30-31H,8-15H2,1-5H3/b7-6+/t17-,18+,19+,20-,21+,22+,24-,25-,26+,27+/m1/s1. The third-order valence-electron chi connectivity index (χ3n) is 10.5. The summed E-state index contributed by atoms with van der Waals surface area (Å²) in [5, 5.41) is 32.9. The number of hydrogen-bond donors (Lipinski definition) is 3. The van der Waals surface area contributed by atoms with Crippen LogP contribution in [-0.4, -0.2) is 38.9 Å². The van der Waals surface area contributed by atoms with E-state index in [-0.39, 0.29) is 35.9 Å². The molecule has 3 N–H and O–H groups in total. The highest BCUT2D eigenvalue weighted by molar-refractivity contribution is 5.88. The van der Waals surface area contributed by atoms with Gasteiger partial charge in [0.25, 0.3) is 0 Å². The number of aliphatic hydroxyl groups is 3. The highest BCUT2D eigenvalue weighted by atomic mass is 16.3. The summed E-state index contributed by atoms with van der Waals surface area (Å²) in [6.45, 7) is 11.2. The first-order chi connectivity index (χ1) is 14.4. The van der Waals surface area contributed by atoms with E-state index in [0.29, 0.717) is 30.1 Å². The van der Waals surface area contributed by atoms with E-state index < -0.39 is 23.2 Å². The molecule has 4 heteroatoms. The number of carbonyl (C=O) groups excluding carboxylic acids is 1. The average Bonchev–Trinajstić information content (AvgIpc) is 3.02. The predicted molar refractivity (Wildman–Crippen MR) is 122 cm³/mol. The molecule has 0 heterocycles. The van der Waals surface area contributed by atoms with Gasteiger partial charge in [0.05, 0.1) is 17.6 Å². The summed E-state index contributed by atoms with van der Waals surface area (Å²) < 4.78 is 0. The van der Waals surface area contributed by atoms with Crippen LogP contribution in [0.15, 0.2) is 12.2 Å². The maximum atomic E-state index is 13.2. The van der Waals surface area contributed by atoms with Gasteiger partial charge in [-0.15, -0.1) is 0 Å². The van der Waals surface area contributed by atoms with E-state index in [1.807, 2.05) is 6.92 Å². The molecular formula is C27H44O4. The van der Waals surface area contributed by atoms with Crippen LogP contribution in [0, 0.1) is 46.3 Å². The maximum Gasteiger partial charge on any atom is 0.144 e. The lowest BCUT2D eigenvalue weighted by Crippen LogP contribution is -2.71. The van der Waals surface area contributed by atoms with Crippen molar-refractivity contribution in [2.45, 2.75) is 104 Å². The molecule has 4 rings (SSSR count). The molecule has 176 valence electrons. The second-order valence-electron chi connectivity index (χ2n) is 12.4. The van der Waals surface area contributed by atoms with Crippen LogP contribution >= 0.6 is 0 Å². The molecule has 4 saturated carbocycles. The Labute approximate surface area is 188 Å². The number of Topliss-reactive ketones (excluding diaryl/α,β-unsaturated/α-hetero) is 1. The zero-order valence-electron chi connectivity index (χ0n) is 20.2. The molecule has 0 bridgehead atoms. The number of aliphatic hydroxyl groups excluding tert-OH is 2. The van der Waals surface area contributed by atoms with Crippen molar-refractivity contribution in [3.63, 3.8) is 0 Å². The van der Waals surface area contributed by atoms with Crippen molar-refractivity contribution in [3.05, 3.63) is 12.2 Å². The van der Waals surface area contributed by atoms with Crippen LogP contribution in [0.25, 0.3) is 0 Å². The first-order valence-corrected chi connectivity index (χ1v) is 12.7. The molecule has 31 heavy (non-hydrogen) atoms. The number of carbonyl (C=O) groups is 1. The van der Waals surface area contributed by atoms with Gasteiger partial charge in [0.15, 0.2) is 0 Å². The molecule has 0 aromatic rings. The van der Waals surface area contributed by atoms with Gasteiger partial charge >= 0.3 is 0 Å². The molecule has 0 saturated heterocycles. The summed E-state index contributed by atoms with van der Waals surface area (Å²) in [5.41, 5.74) is -2.20. The molecule has 0 radical (unpaired) electrons. The number of rotatable bonds is 4. The zero-order valence-corrected chi connectivity index (χ0v) is 20.2. The number of allylic oxidation sites excluding steroid dienone is 2. The lowest BCUT2D eigenvalue weighted by Gasteiger charge is -2.64. The van der Waals surface area contributed by atoms with Crippen LogP contribution in [0.4, 0.5) is 0 Å². The Morgan fingerprint density at radius 3 is 2.48 bits per heavy atom. The molecule has 10 atom stereocenters. The van der Waals surface area contributed by atoms with E-state index in [0.717, 1.165) is 19.3 Å². The van der Waals surface area contributed by atoms with Crippen LogP contribution in [-0.2, 0) is 4.79 Å². The summed E-state index contributed by atoms with van der Waals surface area (Å²) >= 11 is 0. The highest BCUT2D eigenvalue weighted by Crippen LogP contribution is 2.68. The molecular weight excluding hydrogens is 388 g/mol. The van der Waals surface area contributed by atoms with Gasteiger partial charge in [0.2, 0.25) is 0 Å². The second kappa shape index (κ2) is 7.95. The second-order valence-corrected chi connectivity index (χ2v) is 12.4. The average molecular weight is 433 g/mol. The molecule has 0 unspecified atom stereocenters. The summed E-state index contributed by atoms with van der Waals surface area (Å²) in [6, 6.07) is 0. The van der Waals surface area contributed by atoms with Gasteiger partial charge in [-0.25, -0.2) is 0 Å². The largest absolute Gasteiger partial charge is 0.393 e. The third-order valence-corrected chi connectivity index (χ3v) is 10.5. The zero-order chi connectivity index (χ0) is 22.8. The minimum Gasteiger partial charge on any atom is -0.393 e. The Bertz CT molecular complexity index is 731. The lowest BCUT2D eigenvalue weighted by molar-refractivity contribution is -0.251. The van der Waals surface area contributed by atoms with Gasteiger partial charge in [-0.05, 0) is 86.4 Å². The Morgan fingerprint density at radius 2 is 1.81 bits per heavy atom. The van der Waals surface area contributed by atoms with E-state index >= 15 is 0 Å². The molecule has 4 nitrogen and oxygen atoms in total. The number of ketones is 1. The Hall–Kier alpha value is -0.710. The lowest BCUT2D eigenvalue weighted by atomic mass is 9.42. The Balaban J connectivity index is 1.60. The van der Waals surface area contributed by atoms with Crippen molar-refractivity contribution >= 4 is 5.78 Å². The molecule has 0 aliphatic heterocycles. The van der Waals surface area contributed by atoms with Crippen molar-refractivity contribution < 1.29 is 20.1 Å². The smallest absolute Gasteiger partial charge is 0.144 e. The molecule has 4 fully saturated rings. The first kappa shape index (κ1) is 23.4. The molecule has 0 spiro atoms. The van der Waals surface area contributed by atoms with Gasteiger partial charge in [-0.2, -0.15) is 0 Å². The van der Waals surface area contributed by atoms with Gasteiger partial charge < -0.3 is 15.3 Å². The van der Waals surface area contributed by atoms with Gasteiger partial charge in [0.1, 0.15) is 11.4 Å². The van der Waals surface area contributed by atoms with Crippen molar-refractivity contribution in [2.24, 2.45) is 46.3 Å². The van der Waals surface area contributed by atoms with Crippen molar-refractivity contribution in [3.8, 4) is 0 Å². The molecule has 0 amide bonds. The van der Waals surface area contributed by atoms with E-state index in [1.54, 1.807) is 0 Å². The van der Waals surface area contributed by atoms with Crippen LogP contribution in [0.1, 0.15) is 86.0 Å². The molecule has 4 aliphatic carbocycles. The minimum absolute atomic E-state index is 0.0483. The topological polar surface area (TPSA) is 77.8 Å².